The van der Waals surface area contributed by atoms with E-state index in [1.807, 2.05) is 36.7 Å². The third kappa shape index (κ3) is 3.90. The summed E-state index contributed by atoms with van der Waals surface area (Å²) in [5.41, 5.74) is 4.87. The van der Waals surface area contributed by atoms with Gasteiger partial charge in [0.25, 0.3) is 5.89 Å². The Hall–Kier alpha value is -3.16. The zero-order valence-electron chi connectivity index (χ0n) is 16.3. The zero-order valence-corrected chi connectivity index (χ0v) is 16.3. The summed E-state index contributed by atoms with van der Waals surface area (Å²) < 4.78 is 12.9. The smallest absolute Gasteiger partial charge is 0.410 e. The molecule has 0 N–H and O–H groups in total. The summed E-state index contributed by atoms with van der Waals surface area (Å²) in [7, 11) is 0. The van der Waals surface area contributed by atoms with Gasteiger partial charge in [-0.05, 0) is 31.9 Å². The van der Waals surface area contributed by atoms with Gasteiger partial charge in [0.05, 0.1) is 12.2 Å². The fourth-order valence-electron chi connectivity index (χ4n) is 3.51. The maximum Gasteiger partial charge on any atom is 0.410 e. The van der Waals surface area contributed by atoms with Gasteiger partial charge in [0.1, 0.15) is 12.3 Å². The average Bonchev–Trinajstić information content (AvgIpc) is 3.19. The number of fused-ring (bicyclic) bond motifs is 1. The Morgan fingerprint density at radius 2 is 1.89 bits per heavy atom. The van der Waals surface area contributed by atoms with Crippen molar-refractivity contribution in [2.45, 2.75) is 46.9 Å². The molecular weight excluding hydrogens is 358 g/mol. The highest BCUT2D eigenvalue weighted by molar-refractivity contribution is 5.67. The molecule has 1 amide bonds. The Labute approximate surface area is 163 Å². The molecule has 8 heteroatoms. The van der Waals surface area contributed by atoms with Crippen LogP contribution in [0.5, 0.6) is 0 Å². The predicted octanol–water partition coefficient (Wildman–Crippen LogP) is 3.40. The molecule has 0 saturated carbocycles. The quantitative estimate of drug-likeness (QED) is 0.691. The lowest BCUT2D eigenvalue weighted by atomic mass is 10.1. The molecular formula is C20H23N5O3. The maximum atomic E-state index is 12.6. The van der Waals surface area contributed by atoms with Crippen molar-refractivity contribution in [1.82, 2.24) is 24.9 Å². The average molecular weight is 381 g/mol. The van der Waals surface area contributed by atoms with Crippen LogP contribution in [0, 0.1) is 20.8 Å². The number of aromatic nitrogens is 4. The molecule has 1 aliphatic rings. The van der Waals surface area contributed by atoms with Crippen LogP contribution in [0.15, 0.2) is 28.7 Å². The van der Waals surface area contributed by atoms with Crippen molar-refractivity contribution in [3.8, 4) is 11.6 Å². The molecule has 0 saturated heterocycles. The minimum atomic E-state index is -0.316. The monoisotopic (exact) mass is 381 g/mol. The molecule has 146 valence electrons. The second kappa shape index (κ2) is 7.46. The van der Waals surface area contributed by atoms with Gasteiger partial charge < -0.3 is 14.1 Å². The molecule has 0 spiro atoms. The van der Waals surface area contributed by atoms with Gasteiger partial charge in [-0.1, -0.05) is 29.3 Å². The number of amides is 1. The second-order valence-electron chi connectivity index (χ2n) is 7.20. The number of carbonyl (C=O) groups excluding carboxylic acids is 1. The number of ether oxygens (including phenoxy) is 1. The van der Waals surface area contributed by atoms with Crippen LogP contribution in [0.4, 0.5) is 4.79 Å². The number of hydrogen-bond acceptors (Lipinski definition) is 6. The summed E-state index contributed by atoms with van der Waals surface area (Å²) >= 11 is 0. The summed E-state index contributed by atoms with van der Waals surface area (Å²) in [6.45, 7) is 7.88. The molecule has 8 nitrogen and oxygen atoms in total. The first-order chi connectivity index (χ1) is 13.5. The molecule has 1 aliphatic heterocycles. The molecule has 4 rings (SSSR count). The standard InChI is InChI=1S/C20H23N5O3/c1-13-7-14(2)9-16(8-13)12-27-20(26)24-5-4-6-25-17(11-24)10-18(23-25)19-22-21-15(3)28-19/h7-10H,4-6,11-12H2,1-3H3. The van der Waals surface area contributed by atoms with Crippen molar-refractivity contribution >= 4 is 6.09 Å². The van der Waals surface area contributed by atoms with Crippen molar-refractivity contribution in [1.29, 1.82) is 0 Å². The summed E-state index contributed by atoms with van der Waals surface area (Å²) in [5.74, 6) is 0.886. The number of nitrogens with zero attached hydrogens (tertiary/aromatic N) is 5. The molecule has 2 aromatic heterocycles. The van der Waals surface area contributed by atoms with Gasteiger partial charge in [-0.15, -0.1) is 10.2 Å². The highest BCUT2D eigenvalue weighted by Crippen LogP contribution is 2.21. The zero-order chi connectivity index (χ0) is 19.7. The van der Waals surface area contributed by atoms with Crippen LogP contribution < -0.4 is 0 Å². The first-order valence-corrected chi connectivity index (χ1v) is 9.34. The van der Waals surface area contributed by atoms with E-state index < -0.39 is 0 Å². The highest BCUT2D eigenvalue weighted by atomic mass is 16.6. The van der Waals surface area contributed by atoms with Crippen LogP contribution in [0.3, 0.4) is 0 Å². The summed E-state index contributed by atoms with van der Waals surface area (Å²) in [6.07, 6.45) is 0.485. The molecule has 0 fully saturated rings. The lowest BCUT2D eigenvalue weighted by molar-refractivity contribution is 0.0942. The van der Waals surface area contributed by atoms with Crippen molar-refractivity contribution in [3.63, 3.8) is 0 Å². The topological polar surface area (TPSA) is 86.3 Å². The Balaban J connectivity index is 1.44. The van der Waals surface area contributed by atoms with Crippen LogP contribution in [-0.4, -0.2) is 37.5 Å². The normalized spacial score (nSPS) is 13.9. The van der Waals surface area contributed by atoms with E-state index in [2.05, 4.69) is 21.4 Å². The van der Waals surface area contributed by atoms with Gasteiger partial charge in [0, 0.05) is 20.0 Å². The SMILES string of the molecule is Cc1cc(C)cc(COC(=O)N2CCCn3nc(-c4nnc(C)o4)cc3C2)c1. The molecule has 28 heavy (non-hydrogen) atoms. The lowest BCUT2D eigenvalue weighted by Crippen LogP contribution is -2.31. The fourth-order valence-corrected chi connectivity index (χ4v) is 3.51. The molecule has 3 heterocycles. The molecule has 3 aromatic rings. The minimum Gasteiger partial charge on any atom is -0.445 e. The largest absolute Gasteiger partial charge is 0.445 e. The van der Waals surface area contributed by atoms with Gasteiger partial charge >= 0.3 is 6.09 Å². The van der Waals surface area contributed by atoms with E-state index in [1.54, 1.807) is 11.8 Å². The van der Waals surface area contributed by atoms with E-state index >= 15 is 0 Å². The molecule has 0 unspecified atom stereocenters. The maximum absolute atomic E-state index is 12.6. The van der Waals surface area contributed by atoms with Crippen molar-refractivity contribution < 1.29 is 13.9 Å². The van der Waals surface area contributed by atoms with E-state index in [-0.39, 0.29) is 12.7 Å². The Morgan fingerprint density at radius 1 is 1.11 bits per heavy atom. The summed E-state index contributed by atoms with van der Waals surface area (Å²) in [6, 6.07) is 8.07. The van der Waals surface area contributed by atoms with Gasteiger partial charge in [-0.25, -0.2) is 4.79 Å². The van der Waals surface area contributed by atoms with E-state index in [0.29, 0.717) is 30.6 Å². The van der Waals surface area contributed by atoms with E-state index in [9.17, 15) is 4.79 Å². The number of carbonyl (C=O) groups is 1. The molecule has 0 bridgehead atoms. The number of benzene rings is 1. The van der Waals surface area contributed by atoms with E-state index in [4.69, 9.17) is 9.15 Å². The predicted molar refractivity (Wildman–Crippen MR) is 101 cm³/mol. The first kappa shape index (κ1) is 18.2. The molecule has 0 radical (unpaired) electrons. The van der Waals surface area contributed by atoms with Crippen LogP contribution in [0.2, 0.25) is 0 Å². The van der Waals surface area contributed by atoms with Crippen molar-refractivity contribution in [3.05, 3.63) is 52.5 Å². The van der Waals surface area contributed by atoms with Gasteiger partial charge in [0.2, 0.25) is 5.89 Å². The van der Waals surface area contributed by atoms with Gasteiger partial charge in [-0.2, -0.15) is 5.10 Å². The number of aryl methyl sites for hydroxylation is 4. The van der Waals surface area contributed by atoms with Crippen LogP contribution in [0.1, 0.15) is 34.7 Å². The first-order valence-electron chi connectivity index (χ1n) is 9.34. The minimum absolute atomic E-state index is 0.267. The third-order valence-corrected chi connectivity index (χ3v) is 4.66. The Morgan fingerprint density at radius 3 is 2.61 bits per heavy atom. The molecule has 1 aromatic carbocycles. The summed E-state index contributed by atoms with van der Waals surface area (Å²) in [4.78, 5) is 14.3. The Bertz CT molecular complexity index is 987. The van der Waals surface area contributed by atoms with Gasteiger partial charge in [-0.3, -0.25) is 4.68 Å². The van der Waals surface area contributed by atoms with Crippen LogP contribution in [0.25, 0.3) is 11.6 Å². The lowest BCUT2D eigenvalue weighted by Gasteiger charge is -2.19. The summed E-state index contributed by atoms with van der Waals surface area (Å²) in [5, 5.41) is 12.4. The van der Waals surface area contributed by atoms with E-state index in [1.165, 1.54) is 0 Å². The van der Waals surface area contributed by atoms with Crippen LogP contribution >= 0.6 is 0 Å². The molecule has 0 aliphatic carbocycles. The third-order valence-electron chi connectivity index (χ3n) is 4.66. The van der Waals surface area contributed by atoms with Crippen LogP contribution in [-0.2, 0) is 24.4 Å². The Kier molecular flexibility index (Phi) is 4.85. The van der Waals surface area contributed by atoms with Crippen molar-refractivity contribution in [2.75, 3.05) is 6.54 Å². The van der Waals surface area contributed by atoms with Gasteiger partial charge in [0.15, 0.2) is 0 Å². The van der Waals surface area contributed by atoms with E-state index in [0.717, 1.165) is 35.3 Å². The fraction of sp³-hybridized carbons (Fsp3) is 0.400. The van der Waals surface area contributed by atoms with Crippen molar-refractivity contribution in [2.24, 2.45) is 0 Å². The number of hydrogen-bond donors (Lipinski definition) is 0. The second-order valence-corrected chi connectivity index (χ2v) is 7.20. The number of rotatable bonds is 3. The highest BCUT2D eigenvalue weighted by Gasteiger charge is 2.23. The molecule has 0 atom stereocenters.